The van der Waals surface area contributed by atoms with Crippen molar-refractivity contribution in [1.29, 1.82) is 5.26 Å². The van der Waals surface area contributed by atoms with Crippen molar-refractivity contribution in [2.45, 2.75) is 12.8 Å². The lowest BCUT2D eigenvalue weighted by molar-refractivity contribution is -0.120. The van der Waals surface area contributed by atoms with Gasteiger partial charge in [-0.3, -0.25) is 4.79 Å². The number of nitrogens with one attached hydrogen (secondary N) is 1. The molecule has 0 heterocycles. The Hall–Kier alpha value is -1.09. The third-order valence-corrected chi connectivity index (χ3v) is 2.28. The number of amides is 1. The number of hydrogen-bond donors (Lipinski definition) is 1. The van der Waals surface area contributed by atoms with Crippen molar-refractivity contribution in [3.05, 3.63) is 0 Å². The van der Waals surface area contributed by atoms with Crippen LogP contribution in [-0.2, 0) is 14.6 Å². The lowest BCUT2D eigenvalue weighted by Crippen LogP contribution is -2.25. The first kappa shape index (κ1) is 11.9. The van der Waals surface area contributed by atoms with Gasteiger partial charge in [0.15, 0.2) is 0 Å². The SMILES string of the molecule is CS(=O)(=O)CCCNC(=O)CC#N. The van der Waals surface area contributed by atoms with Gasteiger partial charge in [0, 0.05) is 12.8 Å². The highest BCUT2D eigenvalue weighted by atomic mass is 32.2. The van der Waals surface area contributed by atoms with E-state index in [2.05, 4.69) is 5.32 Å². The first-order valence-electron chi connectivity index (χ1n) is 3.77. The first-order chi connectivity index (χ1) is 5.95. The van der Waals surface area contributed by atoms with Gasteiger partial charge in [-0.15, -0.1) is 0 Å². The van der Waals surface area contributed by atoms with Crippen LogP contribution in [0.4, 0.5) is 0 Å². The Kier molecular flexibility index (Phi) is 5.07. The Labute approximate surface area is 77.7 Å². The van der Waals surface area contributed by atoms with Crippen molar-refractivity contribution in [1.82, 2.24) is 5.32 Å². The lowest BCUT2D eigenvalue weighted by atomic mass is 10.4. The minimum Gasteiger partial charge on any atom is -0.355 e. The van der Waals surface area contributed by atoms with Crippen LogP contribution in [0.1, 0.15) is 12.8 Å². The molecule has 0 saturated heterocycles. The number of rotatable bonds is 5. The molecule has 5 nitrogen and oxygen atoms in total. The Morgan fingerprint density at radius 1 is 1.54 bits per heavy atom. The van der Waals surface area contributed by atoms with E-state index in [4.69, 9.17) is 5.26 Å². The minimum absolute atomic E-state index is 0.0554. The minimum atomic E-state index is -2.95. The summed E-state index contributed by atoms with van der Waals surface area (Å²) in [5.41, 5.74) is 0. The molecule has 6 heteroatoms. The van der Waals surface area contributed by atoms with Crippen molar-refractivity contribution >= 4 is 15.7 Å². The van der Waals surface area contributed by atoms with E-state index in [9.17, 15) is 13.2 Å². The molecule has 0 spiro atoms. The largest absolute Gasteiger partial charge is 0.355 e. The van der Waals surface area contributed by atoms with Gasteiger partial charge in [-0.2, -0.15) is 5.26 Å². The molecule has 0 unspecified atom stereocenters. The third kappa shape index (κ3) is 8.82. The molecular formula is C7H12N2O3S. The summed E-state index contributed by atoms with van der Waals surface area (Å²) in [6.45, 7) is 0.299. The molecule has 0 bridgehead atoms. The monoisotopic (exact) mass is 204 g/mol. The fourth-order valence-corrected chi connectivity index (χ4v) is 1.37. The van der Waals surface area contributed by atoms with E-state index < -0.39 is 9.84 Å². The molecule has 0 radical (unpaired) electrons. The van der Waals surface area contributed by atoms with E-state index in [1.807, 2.05) is 0 Å². The van der Waals surface area contributed by atoms with Gasteiger partial charge >= 0.3 is 0 Å². The molecule has 0 aromatic carbocycles. The zero-order chi connectivity index (χ0) is 10.3. The molecule has 0 aliphatic rings. The van der Waals surface area contributed by atoms with E-state index in [0.29, 0.717) is 13.0 Å². The van der Waals surface area contributed by atoms with Crippen LogP contribution in [0.2, 0.25) is 0 Å². The standard InChI is InChI=1S/C7H12N2O3S/c1-13(11,12)6-2-5-9-7(10)3-4-8/h2-3,5-6H2,1H3,(H,9,10). The summed E-state index contributed by atoms with van der Waals surface area (Å²) in [7, 11) is -2.95. The number of carbonyl (C=O) groups excluding carboxylic acids is 1. The van der Waals surface area contributed by atoms with Gasteiger partial charge in [0.2, 0.25) is 5.91 Å². The predicted octanol–water partition coefficient (Wildman–Crippen LogP) is -0.549. The maximum Gasteiger partial charge on any atom is 0.234 e. The Bertz CT molecular complexity index is 302. The van der Waals surface area contributed by atoms with Crippen molar-refractivity contribution in [2.75, 3.05) is 18.6 Å². The molecule has 74 valence electrons. The van der Waals surface area contributed by atoms with E-state index in [1.54, 1.807) is 6.07 Å². The van der Waals surface area contributed by atoms with E-state index in [1.165, 1.54) is 0 Å². The molecule has 0 fully saturated rings. The molecule has 0 atom stereocenters. The first-order valence-corrected chi connectivity index (χ1v) is 5.83. The normalized spacial score (nSPS) is 10.5. The molecule has 0 saturated carbocycles. The molecule has 1 N–H and O–H groups in total. The Balaban J connectivity index is 3.48. The van der Waals surface area contributed by atoms with Gasteiger partial charge in [0.05, 0.1) is 11.8 Å². The van der Waals surface area contributed by atoms with Gasteiger partial charge in [-0.05, 0) is 6.42 Å². The molecule has 0 aromatic rings. The molecule has 1 amide bonds. The highest BCUT2D eigenvalue weighted by molar-refractivity contribution is 7.90. The van der Waals surface area contributed by atoms with Crippen LogP contribution in [0.3, 0.4) is 0 Å². The van der Waals surface area contributed by atoms with Crippen molar-refractivity contribution in [3.63, 3.8) is 0 Å². The van der Waals surface area contributed by atoms with Crippen molar-refractivity contribution in [3.8, 4) is 6.07 Å². The fourth-order valence-electron chi connectivity index (χ4n) is 0.696. The molecule has 13 heavy (non-hydrogen) atoms. The quantitative estimate of drug-likeness (QED) is 0.609. The number of nitrogens with zero attached hydrogens (tertiary/aromatic N) is 1. The van der Waals surface area contributed by atoms with Crippen LogP contribution in [-0.4, -0.2) is 32.9 Å². The van der Waals surface area contributed by atoms with Gasteiger partial charge in [0.25, 0.3) is 0 Å². The highest BCUT2D eigenvalue weighted by Gasteiger charge is 2.02. The third-order valence-electron chi connectivity index (χ3n) is 1.25. The summed E-state index contributed by atoms with van der Waals surface area (Å²) < 4.78 is 21.3. The number of hydrogen-bond acceptors (Lipinski definition) is 4. The summed E-state index contributed by atoms with van der Waals surface area (Å²) in [4.78, 5) is 10.7. The summed E-state index contributed by atoms with van der Waals surface area (Å²) >= 11 is 0. The van der Waals surface area contributed by atoms with Crippen LogP contribution in [0, 0.1) is 11.3 Å². The fraction of sp³-hybridized carbons (Fsp3) is 0.714. The number of sulfone groups is 1. The molecule has 0 aliphatic carbocycles. The smallest absolute Gasteiger partial charge is 0.234 e. The van der Waals surface area contributed by atoms with Crippen LogP contribution in [0.15, 0.2) is 0 Å². The summed E-state index contributed by atoms with van der Waals surface area (Å²) in [5, 5.41) is 10.5. The highest BCUT2D eigenvalue weighted by Crippen LogP contribution is 1.87. The Morgan fingerprint density at radius 2 is 2.15 bits per heavy atom. The van der Waals surface area contributed by atoms with Crippen molar-refractivity contribution in [2.24, 2.45) is 0 Å². The maximum absolute atomic E-state index is 10.7. The Morgan fingerprint density at radius 3 is 2.62 bits per heavy atom. The average molecular weight is 204 g/mol. The lowest BCUT2D eigenvalue weighted by Gasteiger charge is -2.00. The van der Waals surface area contributed by atoms with E-state index in [-0.39, 0.29) is 18.1 Å². The second-order valence-electron chi connectivity index (χ2n) is 2.67. The number of nitriles is 1. The molecule has 0 aliphatic heterocycles. The predicted molar refractivity (Wildman–Crippen MR) is 47.6 cm³/mol. The second-order valence-corrected chi connectivity index (χ2v) is 4.93. The van der Waals surface area contributed by atoms with Crippen molar-refractivity contribution < 1.29 is 13.2 Å². The molecule has 0 aromatic heterocycles. The summed E-state index contributed by atoms with van der Waals surface area (Å²) in [6, 6.07) is 1.69. The van der Waals surface area contributed by atoms with Gasteiger partial charge in [-0.1, -0.05) is 0 Å². The zero-order valence-electron chi connectivity index (χ0n) is 7.41. The zero-order valence-corrected chi connectivity index (χ0v) is 8.23. The maximum atomic E-state index is 10.7. The molecule has 0 rings (SSSR count). The molecular weight excluding hydrogens is 192 g/mol. The van der Waals surface area contributed by atoms with Gasteiger partial charge in [0.1, 0.15) is 16.3 Å². The van der Waals surface area contributed by atoms with Crippen LogP contribution >= 0.6 is 0 Å². The van der Waals surface area contributed by atoms with Crippen LogP contribution < -0.4 is 5.32 Å². The van der Waals surface area contributed by atoms with Gasteiger partial charge < -0.3 is 5.32 Å². The van der Waals surface area contributed by atoms with Crippen LogP contribution in [0.5, 0.6) is 0 Å². The average Bonchev–Trinajstić information content (AvgIpc) is 1.97. The summed E-state index contributed by atoms with van der Waals surface area (Å²) in [5.74, 6) is -0.309. The number of carbonyl (C=O) groups is 1. The summed E-state index contributed by atoms with van der Waals surface area (Å²) in [6.07, 6.45) is 1.35. The second kappa shape index (κ2) is 5.54. The van der Waals surface area contributed by atoms with Gasteiger partial charge in [-0.25, -0.2) is 8.42 Å². The van der Waals surface area contributed by atoms with E-state index >= 15 is 0 Å². The topological polar surface area (TPSA) is 87.0 Å². The van der Waals surface area contributed by atoms with E-state index in [0.717, 1.165) is 6.26 Å². The van der Waals surface area contributed by atoms with Crippen LogP contribution in [0.25, 0.3) is 0 Å².